The summed E-state index contributed by atoms with van der Waals surface area (Å²) in [6, 6.07) is 17.4. The molecule has 1 amide bonds. The van der Waals surface area contributed by atoms with Gasteiger partial charge in [0.2, 0.25) is 0 Å². The van der Waals surface area contributed by atoms with Crippen molar-refractivity contribution in [1.82, 2.24) is 14.7 Å². The minimum atomic E-state index is -0.116. The molecule has 5 nitrogen and oxygen atoms in total. The molecule has 38 heavy (non-hydrogen) atoms. The van der Waals surface area contributed by atoms with Crippen LogP contribution in [-0.4, -0.2) is 79.1 Å². The number of carbonyl (C=O) groups excluding carboxylic acids is 1. The van der Waals surface area contributed by atoms with Gasteiger partial charge in [-0.15, -0.1) is 24.8 Å². The van der Waals surface area contributed by atoms with Crippen molar-refractivity contribution in [2.75, 3.05) is 46.9 Å². The molecule has 0 radical (unpaired) electrons. The van der Waals surface area contributed by atoms with Crippen molar-refractivity contribution < 1.29 is 9.53 Å². The Hall–Kier alpha value is -1.79. The van der Waals surface area contributed by atoms with Gasteiger partial charge in [0, 0.05) is 49.2 Å². The molecule has 1 heterocycles. The summed E-state index contributed by atoms with van der Waals surface area (Å²) < 4.78 is 5.62. The zero-order valence-corrected chi connectivity index (χ0v) is 26.0. The minimum Gasteiger partial charge on any atom is -0.497 e. The molecule has 0 bridgehead atoms. The summed E-state index contributed by atoms with van der Waals surface area (Å²) in [6.45, 7) is 15.7. The predicted molar refractivity (Wildman–Crippen MR) is 165 cm³/mol. The molecule has 3 atom stereocenters. The number of benzene rings is 2. The standard InChI is InChI=1S/C31H47N3O2.2ClH/c1-8-11-12-20-34-23-31(5,32(6)22-24(34)4)29(27-14-13-15-28(21-27)36-7)25-16-18-26(19-17-25)30(35)33(9-2)10-3;;/h13-19,21,24,29H,8-12,20,22-23H2,1-7H3;2*1H. The first-order valence-electron chi connectivity index (χ1n) is 13.8. The highest BCUT2D eigenvalue weighted by molar-refractivity contribution is 5.94. The van der Waals surface area contributed by atoms with Crippen molar-refractivity contribution in [3.8, 4) is 5.75 Å². The van der Waals surface area contributed by atoms with Crippen molar-refractivity contribution in [1.29, 1.82) is 0 Å². The Kier molecular flexibility index (Phi) is 14.2. The van der Waals surface area contributed by atoms with E-state index in [1.54, 1.807) is 7.11 Å². The number of carbonyl (C=O) groups is 1. The van der Waals surface area contributed by atoms with Gasteiger partial charge in [-0.1, -0.05) is 44.0 Å². The van der Waals surface area contributed by atoms with Gasteiger partial charge in [-0.05, 0) is 83.1 Å². The molecule has 214 valence electrons. The zero-order valence-electron chi connectivity index (χ0n) is 24.4. The maximum absolute atomic E-state index is 13.0. The van der Waals surface area contributed by atoms with Crippen molar-refractivity contribution in [2.45, 2.75) is 71.4 Å². The third kappa shape index (κ3) is 7.65. The van der Waals surface area contributed by atoms with Gasteiger partial charge in [0.05, 0.1) is 7.11 Å². The van der Waals surface area contributed by atoms with E-state index >= 15 is 0 Å². The third-order valence-corrected chi connectivity index (χ3v) is 8.20. The molecule has 0 aromatic heterocycles. The monoisotopic (exact) mass is 565 g/mol. The van der Waals surface area contributed by atoms with E-state index in [-0.39, 0.29) is 42.2 Å². The van der Waals surface area contributed by atoms with Crippen molar-refractivity contribution in [3.63, 3.8) is 0 Å². The van der Waals surface area contributed by atoms with Crippen molar-refractivity contribution >= 4 is 30.7 Å². The molecule has 0 aliphatic carbocycles. The Morgan fingerprint density at radius 2 is 1.71 bits per heavy atom. The van der Waals surface area contributed by atoms with Crippen LogP contribution in [0.1, 0.15) is 81.3 Å². The smallest absolute Gasteiger partial charge is 0.253 e. The van der Waals surface area contributed by atoms with Gasteiger partial charge in [0.25, 0.3) is 5.91 Å². The van der Waals surface area contributed by atoms with Gasteiger partial charge in [0.1, 0.15) is 5.75 Å². The average Bonchev–Trinajstić information content (AvgIpc) is 2.88. The first-order valence-corrected chi connectivity index (χ1v) is 13.8. The summed E-state index contributed by atoms with van der Waals surface area (Å²) >= 11 is 0. The number of likely N-dealkylation sites (N-methyl/N-ethyl adjacent to an activating group) is 1. The number of methoxy groups -OCH3 is 1. The van der Waals surface area contributed by atoms with Gasteiger partial charge in [0.15, 0.2) is 0 Å². The minimum absolute atomic E-state index is 0. The van der Waals surface area contributed by atoms with Crippen LogP contribution in [0.4, 0.5) is 0 Å². The predicted octanol–water partition coefficient (Wildman–Crippen LogP) is 6.74. The van der Waals surface area contributed by atoms with Crippen molar-refractivity contribution in [2.24, 2.45) is 0 Å². The van der Waals surface area contributed by atoms with E-state index in [0.717, 1.165) is 44.0 Å². The van der Waals surface area contributed by atoms with Crippen LogP contribution in [0.5, 0.6) is 5.75 Å². The van der Waals surface area contributed by atoms with Crippen LogP contribution < -0.4 is 4.74 Å². The highest BCUT2D eigenvalue weighted by atomic mass is 35.5. The van der Waals surface area contributed by atoms with Crippen LogP contribution in [0.25, 0.3) is 0 Å². The fraction of sp³-hybridized carbons (Fsp3) is 0.581. The lowest BCUT2D eigenvalue weighted by molar-refractivity contribution is -0.0150. The summed E-state index contributed by atoms with van der Waals surface area (Å²) in [7, 11) is 4.00. The number of amides is 1. The van der Waals surface area contributed by atoms with Crippen LogP contribution in [0.15, 0.2) is 48.5 Å². The fourth-order valence-electron chi connectivity index (χ4n) is 5.83. The molecule has 0 spiro atoms. The first kappa shape index (κ1) is 34.2. The molecule has 3 rings (SSSR count). The number of unbranched alkanes of at least 4 members (excludes halogenated alkanes) is 2. The Bertz CT molecular complexity index is 983. The zero-order chi connectivity index (χ0) is 26.3. The van der Waals surface area contributed by atoms with Gasteiger partial charge in [-0.3, -0.25) is 14.6 Å². The molecular formula is C31H49Cl2N3O2. The number of hydrogen-bond acceptors (Lipinski definition) is 4. The maximum atomic E-state index is 13.0. The Morgan fingerprint density at radius 1 is 1.05 bits per heavy atom. The summed E-state index contributed by atoms with van der Waals surface area (Å²) in [6.07, 6.45) is 3.76. The summed E-state index contributed by atoms with van der Waals surface area (Å²) in [5.41, 5.74) is 3.12. The molecule has 2 aromatic rings. The number of piperazine rings is 1. The van der Waals surface area contributed by atoms with Crippen LogP contribution in [-0.2, 0) is 0 Å². The summed E-state index contributed by atoms with van der Waals surface area (Å²) in [4.78, 5) is 20.1. The molecule has 0 N–H and O–H groups in total. The second-order valence-corrected chi connectivity index (χ2v) is 10.6. The second kappa shape index (κ2) is 15.7. The average molecular weight is 567 g/mol. The Balaban J connectivity index is 0.00000361. The molecule has 2 aromatic carbocycles. The molecule has 1 aliphatic rings. The number of nitrogens with zero attached hydrogens (tertiary/aromatic N) is 3. The molecule has 7 heteroatoms. The molecule has 1 aliphatic heterocycles. The summed E-state index contributed by atoms with van der Waals surface area (Å²) in [5, 5.41) is 0. The molecule has 1 fully saturated rings. The van der Waals surface area contributed by atoms with E-state index in [2.05, 4.69) is 68.0 Å². The Morgan fingerprint density at radius 3 is 2.29 bits per heavy atom. The van der Waals surface area contributed by atoms with Gasteiger partial charge < -0.3 is 9.64 Å². The maximum Gasteiger partial charge on any atom is 0.253 e. The van der Waals surface area contributed by atoms with E-state index < -0.39 is 0 Å². The van der Waals surface area contributed by atoms with E-state index in [0.29, 0.717) is 6.04 Å². The third-order valence-electron chi connectivity index (χ3n) is 8.20. The number of rotatable bonds is 11. The number of hydrogen-bond donors (Lipinski definition) is 0. The van der Waals surface area contributed by atoms with E-state index in [1.807, 2.05) is 36.9 Å². The largest absolute Gasteiger partial charge is 0.497 e. The van der Waals surface area contributed by atoms with Gasteiger partial charge in [-0.25, -0.2) is 0 Å². The normalized spacial score (nSPS) is 20.7. The molecular weight excluding hydrogens is 517 g/mol. The van der Waals surface area contributed by atoms with E-state index in [1.165, 1.54) is 30.4 Å². The van der Waals surface area contributed by atoms with Crippen LogP contribution in [0.2, 0.25) is 0 Å². The highest BCUT2D eigenvalue weighted by Crippen LogP contribution is 2.42. The number of halogens is 2. The van der Waals surface area contributed by atoms with Gasteiger partial charge in [-0.2, -0.15) is 0 Å². The first-order chi connectivity index (χ1) is 17.3. The number of ether oxygens (including phenoxy) is 1. The van der Waals surface area contributed by atoms with Crippen LogP contribution >= 0.6 is 24.8 Å². The van der Waals surface area contributed by atoms with Crippen molar-refractivity contribution in [3.05, 3.63) is 65.2 Å². The van der Waals surface area contributed by atoms with Crippen LogP contribution in [0.3, 0.4) is 0 Å². The highest BCUT2D eigenvalue weighted by Gasteiger charge is 2.45. The SMILES string of the molecule is CCCCCN1CC(C)(C(c2ccc(C(=O)N(CC)CC)cc2)c2cccc(OC)c2)N(C)CC1C.Cl.Cl. The van der Waals surface area contributed by atoms with E-state index in [9.17, 15) is 4.79 Å². The lowest BCUT2D eigenvalue weighted by Gasteiger charge is -2.54. The lowest BCUT2D eigenvalue weighted by atomic mass is 9.73. The van der Waals surface area contributed by atoms with E-state index in [4.69, 9.17) is 4.74 Å². The summed E-state index contributed by atoms with van der Waals surface area (Å²) in [5.74, 6) is 1.11. The molecule has 3 unspecified atom stereocenters. The quantitative estimate of drug-likeness (QED) is 0.283. The lowest BCUT2D eigenvalue weighted by Crippen LogP contribution is -2.65. The van der Waals surface area contributed by atoms with Gasteiger partial charge >= 0.3 is 0 Å². The Labute approximate surface area is 243 Å². The fourth-order valence-corrected chi connectivity index (χ4v) is 5.83. The topological polar surface area (TPSA) is 36.0 Å². The molecule has 0 saturated carbocycles. The molecule has 1 saturated heterocycles. The van der Waals surface area contributed by atoms with Crippen LogP contribution in [0, 0.1) is 0 Å². The second-order valence-electron chi connectivity index (χ2n) is 10.6.